The van der Waals surface area contributed by atoms with Crippen LogP contribution < -0.4 is 10.9 Å². The van der Waals surface area contributed by atoms with Crippen molar-refractivity contribution < 1.29 is 0 Å². The van der Waals surface area contributed by atoms with E-state index in [4.69, 9.17) is 0 Å². The lowest BCUT2D eigenvalue weighted by atomic mass is 9.92. The number of nitrogens with one attached hydrogen (secondary N) is 2. The predicted molar refractivity (Wildman–Crippen MR) is 63.5 cm³/mol. The van der Waals surface area contributed by atoms with Crippen LogP contribution in [0.5, 0.6) is 0 Å². The number of H-pyrrole nitrogens is 1. The highest BCUT2D eigenvalue weighted by molar-refractivity contribution is 5.20. The maximum atomic E-state index is 11.9. The van der Waals surface area contributed by atoms with Gasteiger partial charge in [0.15, 0.2) is 0 Å². The van der Waals surface area contributed by atoms with Gasteiger partial charge in [-0.2, -0.15) is 0 Å². The number of aromatic amines is 1. The highest BCUT2D eigenvalue weighted by Gasteiger charge is 2.22. The van der Waals surface area contributed by atoms with Crippen LogP contribution in [0.2, 0.25) is 0 Å². The fourth-order valence-corrected chi connectivity index (χ4v) is 2.26. The Kier molecular flexibility index (Phi) is 3.10. The topological polar surface area (TPSA) is 57.8 Å². The van der Waals surface area contributed by atoms with Crippen molar-refractivity contribution in [2.45, 2.75) is 52.1 Å². The Morgan fingerprint density at radius 2 is 2.12 bits per heavy atom. The van der Waals surface area contributed by atoms with E-state index in [-0.39, 0.29) is 11.6 Å². The van der Waals surface area contributed by atoms with Crippen LogP contribution >= 0.6 is 0 Å². The minimum atomic E-state index is -0.00989. The molecular weight excluding hydrogens is 202 g/mol. The molecule has 16 heavy (non-hydrogen) atoms. The van der Waals surface area contributed by atoms with Crippen molar-refractivity contribution in [1.82, 2.24) is 15.3 Å². The van der Waals surface area contributed by atoms with Gasteiger partial charge in [-0.3, -0.25) is 4.79 Å². The molecule has 1 aliphatic carbocycles. The number of hydrogen-bond acceptors (Lipinski definition) is 3. The zero-order chi connectivity index (χ0) is 11.7. The van der Waals surface area contributed by atoms with E-state index >= 15 is 0 Å². The summed E-state index contributed by atoms with van der Waals surface area (Å²) < 4.78 is 0. The summed E-state index contributed by atoms with van der Waals surface area (Å²) in [5.41, 5.74) is 1.60. The average Bonchev–Trinajstić information content (AvgIpc) is 2.09. The molecule has 1 aromatic rings. The molecule has 0 bridgehead atoms. The molecule has 0 aromatic carbocycles. The molecule has 0 radical (unpaired) electrons. The van der Waals surface area contributed by atoms with Crippen LogP contribution in [0, 0.1) is 13.8 Å². The van der Waals surface area contributed by atoms with E-state index in [1.165, 1.54) is 19.3 Å². The molecule has 4 nitrogen and oxygen atoms in total. The summed E-state index contributed by atoms with van der Waals surface area (Å²) in [4.78, 5) is 18.9. The van der Waals surface area contributed by atoms with Crippen LogP contribution in [0.1, 0.15) is 49.3 Å². The molecule has 0 saturated heterocycles. The van der Waals surface area contributed by atoms with Gasteiger partial charge in [-0.1, -0.05) is 6.42 Å². The fourth-order valence-electron chi connectivity index (χ4n) is 2.26. The molecule has 1 atom stereocenters. The van der Waals surface area contributed by atoms with Crippen molar-refractivity contribution >= 4 is 0 Å². The number of hydrogen-bond donors (Lipinski definition) is 2. The van der Waals surface area contributed by atoms with Gasteiger partial charge in [0.1, 0.15) is 5.82 Å². The molecule has 1 fully saturated rings. The number of aromatic nitrogens is 2. The van der Waals surface area contributed by atoms with Gasteiger partial charge in [-0.05, 0) is 33.6 Å². The third-order valence-electron chi connectivity index (χ3n) is 3.29. The molecule has 1 unspecified atom stereocenters. The zero-order valence-corrected chi connectivity index (χ0v) is 10.1. The first-order valence-corrected chi connectivity index (χ1v) is 5.91. The maximum absolute atomic E-state index is 11.9. The number of rotatable bonds is 3. The zero-order valence-electron chi connectivity index (χ0n) is 10.1. The number of aryl methyl sites for hydroxylation is 2. The van der Waals surface area contributed by atoms with Crippen LogP contribution in [0.3, 0.4) is 0 Å². The molecule has 1 saturated carbocycles. The normalized spacial score (nSPS) is 18.2. The van der Waals surface area contributed by atoms with E-state index < -0.39 is 0 Å². The van der Waals surface area contributed by atoms with Gasteiger partial charge in [0, 0.05) is 17.8 Å². The minimum Gasteiger partial charge on any atom is -0.310 e. The average molecular weight is 221 g/mol. The minimum absolute atomic E-state index is 0.00989. The smallest absolute Gasteiger partial charge is 0.255 e. The van der Waals surface area contributed by atoms with Gasteiger partial charge in [0.2, 0.25) is 0 Å². The first kappa shape index (κ1) is 11.3. The van der Waals surface area contributed by atoms with Crippen LogP contribution in [-0.2, 0) is 0 Å². The van der Waals surface area contributed by atoms with Crippen LogP contribution in [0.15, 0.2) is 4.79 Å². The fraction of sp³-hybridized carbons (Fsp3) is 0.667. The Labute approximate surface area is 95.5 Å². The molecule has 1 heterocycles. The Hall–Kier alpha value is -1.16. The molecule has 2 N–H and O–H groups in total. The summed E-state index contributed by atoms with van der Waals surface area (Å²) in [6, 6.07) is 0.664. The molecule has 0 spiro atoms. The summed E-state index contributed by atoms with van der Waals surface area (Å²) in [6.45, 7) is 5.74. The Bertz CT molecular complexity index is 434. The van der Waals surface area contributed by atoms with Crippen molar-refractivity contribution in [2.75, 3.05) is 0 Å². The van der Waals surface area contributed by atoms with Gasteiger partial charge < -0.3 is 10.3 Å². The summed E-state index contributed by atoms with van der Waals surface area (Å²) in [5, 5.41) is 3.47. The summed E-state index contributed by atoms with van der Waals surface area (Å²) in [7, 11) is 0. The molecule has 0 aliphatic heterocycles. The van der Waals surface area contributed by atoms with Gasteiger partial charge in [-0.15, -0.1) is 0 Å². The predicted octanol–water partition coefficient (Wildman–Crippen LogP) is 1.59. The first-order chi connectivity index (χ1) is 7.58. The monoisotopic (exact) mass is 221 g/mol. The van der Waals surface area contributed by atoms with Crippen molar-refractivity contribution in [3.8, 4) is 0 Å². The molecular formula is C12H19N3O. The second kappa shape index (κ2) is 4.37. The van der Waals surface area contributed by atoms with Crippen LogP contribution in [0.25, 0.3) is 0 Å². The summed E-state index contributed by atoms with van der Waals surface area (Å²) in [5.74, 6) is 0.682. The maximum Gasteiger partial charge on any atom is 0.255 e. The van der Waals surface area contributed by atoms with Crippen molar-refractivity contribution in [3.05, 3.63) is 27.4 Å². The van der Waals surface area contributed by atoms with Gasteiger partial charge in [0.05, 0.1) is 5.56 Å². The standard InChI is InChI=1S/C12H19N3O/c1-7-11(12(16)15-9(3)13-7)8(2)14-10-5-4-6-10/h8,10,14H,4-6H2,1-3H3,(H,13,15,16). The first-order valence-electron chi connectivity index (χ1n) is 5.91. The van der Waals surface area contributed by atoms with E-state index in [1.54, 1.807) is 0 Å². The van der Waals surface area contributed by atoms with Gasteiger partial charge in [0.25, 0.3) is 5.56 Å². The highest BCUT2D eigenvalue weighted by atomic mass is 16.1. The molecule has 1 aliphatic rings. The van der Waals surface area contributed by atoms with Crippen molar-refractivity contribution in [3.63, 3.8) is 0 Å². The third kappa shape index (κ3) is 2.16. The summed E-state index contributed by atoms with van der Waals surface area (Å²) in [6.07, 6.45) is 3.74. The third-order valence-corrected chi connectivity index (χ3v) is 3.29. The van der Waals surface area contributed by atoms with E-state index in [1.807, 2.05) is 20.8 Å². The second-order valence-electron chi connectivity index (χ2n) is 4.67. The van der Waals surface area contributed by atoms with E-state index in [9.17, 15) is 4.79 Å². The van der Waals surface area contributed by atoms with Gasteiger partial charge >= 0.3 is 0 Å². The second-order valence-corrected chi connectivity index (χ2v) is 4.67. The van der Waals surface area contributed by atoms with Gasteiger partial charge in [-0.25, -0.2) is 4.98 Å². The molecule has 0 amide bonds. The Balaban J connectivity index is 2.21. The largest absolute Gasteiger partial charge is 0.310 e. The van der Waals surface area contributed by atoms with E-state index in [0.29, 0.717) is 11.9 Å². The quantitative estimate of drug-likeness (QED) is 0.815. The Morgan fingerprint density at radius 3 is 2.62 bits per heavy atom. The SMILES string of the molecule is Cc1nc(C)c(C(C)NC2CCC2)c(=O)[nH]1. The highest BCUT2D eigenvalue weighted by Crippen LogP contribution is 2.22. The Morgan fingerprint density at radius 1 is 1.44 bits per heavy atom. The summed E-state index contributed by atoms with van der Waals surface area (Å²) >= 11 is 0. The lowest BCUT2D eigenvalue weighted by molar-refractivity contribution is 0.311. The van der Waals surface area contributed by atoms with E-state index in [0.717, 1.165) is 11.3 Å². The lowest BCUT2D eigenvalue weighted by Crippen LogP contribution is -2.39. The van der Waals surface area contributed by atoms with Crippen LogP contribution in [-0.4, -0.2) is 16.0 Å². The molecule has 4 heteroatoms. The van der Waals surface area contributed by atoms with E-state index in [2.05, 4.69) is 15.3 Å². The van der Waals surface area contributed by atoms with Crippen molar-refractivity contribution in [2.24, 2.45) is 0 Å². The van der Waals surface area contributed by atoms with Crippen LogP contribution in [0.4, 0.5) is 0 Å². The molecule has 2 rings (SSSR count). The lowest BCUT2D eigenvalue weighted by Gasteiger charge is -2.30. The number of nitrogens with zero attached hydrogens (tertiary/aromatic N) is 1. The molecule has 88 valence electrons. The molecule has 1 aromatic heterocycles. The van der Waals surface area contributed by atoms with Crippen molar-refractivity contribution in [1.29, 1.82) is 0 Å².